The lowest BCUT2D eigenvalue weighted by molar-refractivity contribution is 0.402. The molecule has 3 unspecified atom stereocenters. The second kappa shape index (κ2) is 5.73. The highest BCUT2D eigenvalue weighted by Gasteiger charge is 2.39. The molecule has 0 bridgehead atoms. The first-order valence-corrected chi connectivity index (χ1v) is 9.00. The number of anilines is 1. The van der Waals surface area contributed by atoms with Crippen molar-refractivity contribution in [2.45, 2.75) is 18.4 Å². The van der Waals surface area contributed by atoms with Gasteiger partial charge in [0.2, 0.25) is 0 Å². The van der Waals surface area contributed by atoms with Crippen LogP contribution in [0, 0.1) is 5.92 Å². The average Bonchev–Trinajstić information content (AvgIpc) is 3.00. The number of phenols is 1. The monoisotopic (exact) mass is 409 g/mol. The molecule has 2 aliphatic rings. The zero-order valence-electron chi connectivity index (χ0n) is 12.1. The van der Waals surface area contributed by atoms with Crippen LogP contribution in [0.1, 0.15) is 29.5 Å². The van der Waals surface area contributed by atoms with E-state index in [1.807, 2.05) is 6.07 Å². The predicted octanol–water partition coefficient (Wildman–Crippen LogP) is 6.29. The van der Waals surface area contributed by atoms with Gasteiger partial charge in [-0.3, -0.25) is 0 Å². The number of hydrogen-bond donors (Lipinski definition) is 2. The molecule has 5 heteroatoms. The van der Waals surface area contributed by atoms with Gasteiger partial charge in [0.15, 0.2) is 0 Å². The van der Waals surface area contributed by atoms with Gasteiger partial charge in [-0.2, -0.15) is 0 Å². The molecule has 0 fully saturated rings. The number of halogens is 3. The van der Waals surface area contributed by atoms with E-state index in [1.54, 1.807) is 12.1 Å². The predicted molar refractivity (Wildman–Crippen MR) is 98.6 cm³/mol. The first kappa shape index (κ1) is 15.4. The SMILES string of the molecule is Oc1c(Cl)cc(Cl)cc1C1Nc2ccc(Br)cc2C2C=CCC21. The normalized spacial score (nSPS) is 24.9. The fraction of sp³-hybridized carbons (Fsp3) is 0.222. The Morgan fingerprint density at radius 2 is 1.96 bits per heavy atom. The molecule has 1 aliphatic heterocycles. The Morgan fingerprint density at radius 1 is 1.13 bits per heavy atom. The minimum atomic E-state index is -0.0279. The van der Waals surface area contributed by atoms with E-state index >= 15 is 0 Å². The van der Waals surface area contributed by atoms with Crippen LogP contribution in [0.4, 0.5) is 5.69 Å². The van der Waals surface area contributed by atoms with Crippen LogP contribution in [0.3, 0.4) is 0 Å². The van der Waals surface area contributed by atoms with E-state index in [2.05, 4.69) is 45.5 Å². The Balaban J connectivity index is 1.84. The topological polar surface area (TPSA) is 32.3 Å². The molecule has 2 aromatic rings. The van der Waals surface area contributed by atoms with Crippen molar-refractivity contribution in [3.8, 4) is 5.75 Å². The van der Waals surface area contributed by atoms with E-state index in [0.717, 1.165) is 22.1 Å². The summed E-state index contributed by atoms with van der Waals surface area (Å²) >= 11 is 15.8. The third-order valence-corrected chi connectivity index (χ3v) is 5.72. The summed E-state index contributed by atoms with van der Waals surface area (Å²) in [4.78, 5) is 0. The summed E-state index contributed by atoms with van der Waals surface area (Å²) in [7, 11) is 0. The molecule has 2 nitrogen and oxygen atoms in total. The Hall–Kier alpha value is -1.16. The maximum atomic E-state index is 10.4. The van der Waals surface area contributed by atoms with Crippen LogP contribution in [0.25, 0.3) is 0 Å². The zero-order chi connectivity index (χ0) is 16.1. The largest absolute Gasteiger partial charge is 0.506 e. The number of rotatable bonds is 1. The molecular weight excluding hydrogens is 397 g/mol. The van der Waals surface area contributed by atoms with Gasteiger partial charge in [0.05, 0.1) is 11.1 Å². The molecular formula is C18H14BrCl2NO. The molecule has 23 heavy (non-hydrogen) atoms. The molecule has 0 saturated carbocycles. The number of aromatic hydroxyl groups is 1. The summed E-state index contributed by atoms with van der Waals surface area (Å²) in [5.74, 6) is 0.767. The van der Waals surface area contributed by atoms with Crippen molar-refractivity contribution in [2.75, 3.05) is 5.32 Å². The van der Waals surface area contributed by atoms with E-state index in [9.17, 15) is 5.11 Å². The van der Waals surface area contributed by atoms with Crippen molar-refractivity contribution < 1.29 is 5.11 Å². The molecule has 1 heterocycles. The number of nitrogens with one attached hydrogen (secondary N) is 1. The molecule has 0 radical (unpaired) electrons. The molecule has 2 N–H and O–H groups in total. The molecule has 0 amide bonds. The summed E-state index contributed by atoms with van der Waals surface area (Å²) in [6.45, 7) is 0. The molecule has 118 valence electrons. The summed E-state index contributed by atoms with van der Waals surface area (Å²) in [5, 5.41) is 14.8. The van der Waals surface area contributed by atoms with Gasteiger partial charge in [0.1, 0.15) is 5.75 Å². The van der Waals surface area contributed by atoms with Gasteiger partial charge in [0.25, 0.3) is 0 Å². The first-order chi connectivity index (χ1) is 11.0. The highest BCUT2D eigenvalue weighted by Crippen LogP contribution is 2.52. The van der Waals surface area contributed by atoms with E-state index in [0.29, 0.717) is 21.9 Å². The minimum Gasteiger partial charge on any atom is -0.506 e. The van der Waals surface area contributed by atoms with E-state index in [1.165, 1.54) is 5.56 Å². The van der Waals surface area contributed by atoms with Crippen molar-refractivity contribution in [1.29, 1.82) is 0 Å². The van der Waals surface area contributed by atoms with Crippen molar-refractivity contribution in [2.24, 2.45) is 5.92 Å². The van der Waals surface area contributed by atoms with Gasteiger partial charge in [-0.1, -0.05) is 51.3 Å². The average molecular weight is 411 g/mol. The summed E-state index contributed by atoms with van der Waals surface area (Å²) in [5.41, 5.74) is 3.12. The minimum absolute atomic E-state index is 0.0279. The Bertz CT molecular complexity index is 821. The Kier molecular flexibility index (Phi) is 3.83. The van der Waals surface area contributed by atoms with Crippen LogP contribution in [0.5, 0.6) is 5.75 Å². The van der Waals surface area contributed by atoms with Crippen LogP contribution >= 0.6 is 39.1 Å². The maximum Gasteiger partial charge on any atom is 0.139 e. The lowest BCUT2D eigenvalue weighted by atomic mass is 9.77. The van der Waals surface area contributed by atoms with Gasteiger partial charge < -0.3 is 10.4 Å². The Labute approximate surface area is 153 Å². The lowest BCUT2D eigenvalue weighted by Crippen LogP contribution is -2.29. The number of hydrogen-bond acceptors (Lipinski definition) is 2. The quantitative estimate of drug-likeness (QED) is 0.541. The maximum absolute atomic E-state index is 10.4. The van der Waals surface area contributed by atoms with Gasteiger partial charge >= 0.3 is 0 Å². The van der Waals surface area contributed by atoms with E-state index in [-0.39, 0.29) is 11.8 Å². The highest BCUT2D eigenvalue weighted by molar-refractivity contribution is 9.10. The van der Waals surface area contributed by atoms with Crippen molar-refractivity contribution in [3.63, 3.8) is 0 Å². The summed E-state index contributed by atoms with van der Waals surface area (Å²) in [6, 6.07) is 9.60. The van der Waals surface area contributed by atoms with Gasteiger partial charge in [0, 0.05) is 26.7 Å². The van der Waals surface area contributed by atoms with Gasteiger partial charge in [-0.05, 0) is 48.2 Å². The number of allylic oxidation sites excluding steroid dienone is 2. The molecule has 0 aromatic heterocycles. The first-order valence-electron chi connectivity index (χ1n) is 7.45. The molecule has 4 rings (SSSR count). The number of fused-ring (bicyclic) bond motifs is 3. The van der Waals surface area contributed by atoms with Crippen molar-refractivity contribution in [1.82, 2.24) is 0 Å². The molecule has 3 atom stereocenters. The second-order valence-electron chi connectivity index (χ2n) is 6.03. The lowest BCUT2D eigenvalue weighted by Gasteiger charge is -2.38. The van der Waals surface area contributed by atoms with Crippen LogP contribution in [0.15, 0.2) is 47.0 Å². The van der Waals surface area contributed by atoms with E-state index in [4.69, 9.17) is 23.2 Å². The zero-order valence-corrected chi connectivity index (χ0v) is 15.2. The van der Waals surface area contributed by atoms with Crippen molar-refractivity contribution >= 4 is 44.8 Å². The fourth-order valence-corrected chi connectivity index (χ4v) is 4.58. The smallest absolute Gasteiger partial charge is 0.139 e. The number of benzene rings is 2. The Morgan fingerprint density at radius 3 is 2.78 bits per heavy atom. The molecule has 0 saturated heterocycles. The standard InChI is InChI=1S/C18H14BrCl2NO/c19-9-4-5-16-13(6-9)11-2-1-3-12(11)17(22-16)14-7-10(20)8-15(21)18(14)23/h1-2,4-8,11-12,17,22-23H,3H2. The fourth-order valence-electron chi connectivity index (χ4n) is 3.70. The highest BCUT2D eigenvalue weighted by atomic mass is 79.9. The van der Waals surface area contributed by atoms with E-state index < -0.39 is 0 Å². The molecule has 1 aliphatic carbocycles. The van der Waals surface area contributed by atoms with Gasteiger partial charge in [-0.25, -0.2) is 0 Å². The van der Waals surface area contributed by atoms with Crippen LogP contribution in [-0.4, -0.2) is 5.11 Å². The molecule has 2 aromatic carbocycles. The van der Waals surface area contributed by atoms with Crippen LogP contribution in [-0.2, 0) is 0 Å². The third-order valence-electron chi connectivity index (χ3n) is 4.72. The molecule has 0 spiro atoms. The summed E-state index contributed by atoms with van der Waals surface area (Å²) in [6.07, 6.45) is 5.42. The summed E-state index contributed by atoms with van der Waals surface area (Å²) < 4.78 is 1.07. The van der Waals surface area contributed by atoms with Crippen LogP contribution in [0.2, 0.25) is 10.0 Å². The van der Waals surface area contributed by atoms with Gasteiger partial charge in [-0.15, -0.1) is 0 Å². The van der Waals surface area contributed by atoms with Crippen molar-refractivity contribution in [3.05, 3.63) is 68.1 Å². The third kappa shape index (κ3) is 2.55. The van der Waals surface area contributed by atoms with Crippen LogP contribution < -0.4 is 5.32 Å². The number of phenolic OH excluding ortho intramolecular Hbond substituents is 1. The second-order valence-corrected chi connectivity index (χ2v) is 7.79.